The van der Waals surface area contributed by atoms with Gasteiger partial charge in [0.1, 0.15) is 17.2 Å². The van der Waals surface area contributed by atoms with Gasteiger partial charge in [-0.3, -0.25) is 9.59 Å². The molecule has 54 heavy (non-hydrogen) atoms. The second-order valence-electron chi connectivity index (χ2n) is 17.9. The second-order valence-corrected chi connectivity index (χ2v) is 17.9. The zero-order valence-electron chi connectivity index (χ0n) is 33.3. The molecule has 2 aromatic rings. The molecule has 6 rings (SSSR count). The first kappa shape index (κ1) is 40.2. The lowest BCUT2D eigenvalue weighted by Crippen LogP contribution is -2.62. The molecule has 10 nitrogen and oxygen atoms in total. The molecular formula is C44H61NO9. The van der Waals surface area contributed by atoms with Gasteiger partial charge in [0.2, 0.25) is 0 Å². The SMILES string of the molecule is COC(=O)C(=O)Nc1cc(C)c(Oc2ccc(OC(=O)CC[C@@H](C)[C@H]3CC[C@H]4[C@@H]5[C@H](O)C[C@@H]6C[C@H](O)CC[C@]6(C)[C@H]5C[C@H](O)[C@]34C)c(C(C)C)c2)c(C)c1. The summed E-state index contributed by atoms with van der Waals surface area (Å²) in [6, 6.07) is 8.87. The number of aliphatic hydroxyl groups excluding tert-OH is 3. The van der Waals surface area contributed by atoms with E-state index in [0.717, 1.165) is 62.3 Å². The van der Waals surface area contributed by atoms with Crippen LogP contribution < -0.4 is 14.8 Å². The summed E-state index contributed by atoms with van der Waals surface area (Å²) in [5.74, 6) is 0.991. The van der Waals surface area contributed by atoms with Crippen LogP contribution in [0.3, 0.4) is 0 Å². The van der Waals surface area contributed by atoms with E-state index in [9.17, 15) is 29.7 Å². The largest absolute Gasteiger partial charge is 0.462 e. The molecule has 4 N–H and O–H groups in total. The molecule has 1 amide bonds. The van der Waals surface area contributed by atoms with Gasteiger partial charge in [-0.15, -0.1) is 0 Å². The number of amides is 1. The number of methoxy groups -OCH3 is 1. The van der Waals surface area contributed by atoms with Gasteiger partial charge in [-0.25, -0.2) is 4.79 Å². The summed E-state index contributed by atoms with van der Waals surface area (Å²) in [6.45, 7) is 14.6. The van der Waals surface area contributed by atoms with Gasteiger partial charge in [-0.1, -0.05) is 34.6 Å². The van der Waals surface area contributed by atoms with Gasteiger partial charge in [0.25, 0.3) is 0 Å². The number of carbonyl (C=O) groups is 3. The molecule has 0 radical (unpaired) electrons. The van der Waals surface area contributed by atoms with Crippen molar-refractivity contribution in [2.75, 3.05) is 12.4 Å². The minimum Gasteiger partial charge on any atom is -0.462 e. The van der Waals surface area contributed by atoms with E-state index in [2.05, 4.69) is 30.8 Å². The van der Waals surface area contributed by atoms with E-state index in [-0.39, 0.29) is 64.8 Å². The lowest BCUT2D eigenvalue weighted by molar-refractivity contribution is -0.207. The Morgan fingerprint density at radius 2 is 1.63 bits per heavy atom. The summed E-state index contributed by atoms with van der Waals surface area (Å²) in [7, 11) is 1.15. The average molecular weight is 748 g/mol. The molecule has 10 heteroatoms. The van der Waals surface area contributed by atoms with Crippen molar-refractivity contribution in [3.05, 3.63) is 47.0 Å². The number of fused-ring (bicyclic) bond motifs is 5. The van der Waals surface area contributed by atoms with Crippen LogP contribution in [-0.2, 0) is 19.1 Å². The van der Waals surface area contributed by atoms with Gasteiger partial charge in [0, 0.05) is 17.7 Å². The summed E-state index contributed by atoms with van der Waals surface area (Å²) in [5, 5.41) is 36.5. The van der Waals surface area contributed by atoms with Crippen molar-refractivity contribution in [1.82, 2.24) is 0 Å². The van der Waals surface area contributed by atoms with E-state index < -0.39 is 24.1 Å². The molecule has 0 heterocycles. The topological polar surface area (TPSA) is 152 Å². The second kappa shape index (κ2) is 15.6. The number of ether oxygens (including phenoxy) is 3. The van der Waals surface area contributed by atoms with Crippen LogP contribution in [0.15, 0.2) is 30.3 Å². The zero-order valence-corrected chi connectivity index (χ0v) is 33.3. The average Bonchev–Trinajstić information content (AvgIpc) is 3.48. The monoisotopic (exact) mass is 747 g/mol. The third kappa shape index (κ3) is 7.42. The standard InChI is InChI=1S/C44H61NO9/c1-23(2)31-21-30(53-40-25(4)17-28(18-26(40)5)45-41(50)42(51)52-8)10-13-36(31)54-38(49)14-9-24(3)32-11-12-33-39-34(22-37(48)44(32,33)7)43(6)16-15-29(46)19-27(43)20-35(39)47/h10,13,17-18,21,23-24,27,29,32-35,37,39,46-48H,9,11-12,14-16,19-20,22H2,1-8H3,(H,45,50)/t24-,27+,29-,32-,33+,34+,35-,37+,39+,43+,44-/m1/s1. The number of benzene rings is 2. The fourth-order valence-corrected chi connectivity index (χ4v) is 11.6. The maximum atomic E-state index is 13.4. The van der Waals surface area contributed by atoms with Gasteiger partial charge < -0.3 is 34.8 Å². The number of rotatable bonds is 9. The van der Waals surface area contributed by atoms with E-state index in [4.69, 9.17) is 9.47 Å². The maximum absolute atomic E-state index is 13.4. The first-order chi connectivity index (χ1) is 25.5. The van der Waals surface area contributed by atoms with Crippen LogP contribution in [0, 0.1) is 60.2 Å². The van der Waals surface area contributed by atoms with E-state index in [1.807, 2.05) is 33.8 Å². The van der Waals surface area contributed by atoms with Crippen LogP contribution in [-0.4, -0.2) is 58.6 Å². The molecule has 0 spiro atoms. The molecule has 0 saturated heterocycles. The predicted octanol–water partition coefficient (Wildman–Crippen LogP) is 7.61. The molecule has 0 bridgehead atoms. The molecule has 4 aliphatic rings. The van der Waals surface area contributed by atoms with Crippen LogP contribution >= 0.6 is 0 Å². The minimum atomic E-state index is -0.975. The highest BCUT2D eigenvalue weighted by molar-refractivity contribution is 6.37. The number of carbonyl (C=O) groups excluding carboxylic acids is 3. The van der Waals surface area contributed by atoms with Crippen molar-refractivity contribution in [2.24, 2.45) is 46.3 Å². The number of aryl methyl sites for hydroxylation is 2. The molecule has 4 saturated carbocycles. The van der Waals surface area contributed by atoms with Gasteiger partial charge in [-0.2, -0.15) is 0 Å². The minimum absolute atomic E-state index is 0.0374. The number of hydrogen-bond donors (Lipinski definition) is 4. The number of hydrogen-bond acceptors (Lipinski definition) is 9. The third-order valence-corrected chi connectivity index (χ3v) is 14.5. The Morgan fingerprint density at radius 3 is 2.30 bits per heavy atom. The Labute approximate surface area is 320 Å². The van der Waals surface area contributed by atoms with E-state index >= 15 is 0 Å². The molecule has 4 aliphatic carbocycles. The van der Waals surface area contributed by atoms with Gasteiger partial charge in [0.05, 0.1) is 25.4 Å². The van der Waals surface area contributed by atoms with Crippen LogP contribution in [0.1, 0.15) is 115 Å². The summed E-state index contributed by atoms with van der Waals surface area (Å²) < 4.78 is 16.8. The molecular weight excluding hydrogens is 686 g/mol. The maximum Gasteiger partial charge on any atom is 0.396 e. The van der Waals surface area contributed by atoms with E-state index in [1.54, 1.807) is 24.3 Å². The normalized spacial score (nSPS) is 33.6. The number of anilines is 1. The molecule has 0 unspecified atom stereocenters. The first-order valence-corrected chi connectivity index (χ1v) is 20.0. The Morgan fingerprint density at radius 1 is 0.926 bits per heavy atom. The van der Waals surface area contributed by atoms with E-state index in [1.165, 1.54) is 0 Å². The van der Waals surface area contributed by atoms with Crippen LogP contribution in [0.4, 0.5) is 5.69 Å². The van der Waals surface area contributed by atoms with Gasteiger partial charge in [0.15, 0.2) is 0 Å². The van der Waals surface area contributed by atoms with Crippen LogP contribution in [0.25, 0.3) is 0 Å². The predicted molar refractivity (Wildman–Crippen MR) is 205 cm³/mol. The Hall–Kier alpha value is -3.47. The number of esters is 2. The zero-order chi connectivity index (χ0) is 39.3. The summed E-state index contributed by atoms with van der Waals surface area (Å²) in [6.07, 6.45) is 5.65. The van der Waals surface area contributed by atoms with Gasteiger partial charge >= 0.3 is 17.8 Å². The first-order valence-electron chi connectivity index (χ1n) is 20.0. The Kier molecular flexibility index (Phi) is 11.6. The summed E-state index contributed by atoms with van der Waals surface area (Å²) >= 11 is 0. The molecule has 2 aromatic carbocycles. The fourth-order valence-electron chi connectivity index (χ4n) is 11.6. The highest BCUT2D eigenvalue weighted by Crippen LogP contribution is 2.68. The highest BCUT2D eigenvalue weighted by Gasteiger charge is 2.65. The summed E-state index contributed by atoms with van der Waals surface area (Å²) in [5.41, 5.74) is 2.53. The van der Waals surface area contributed by atoms with Crippen molar-refractivity contribution in [2.45, 2.75) is 130 Å². The third-order valence-electron chi connectivity index (χ3n) is 14.5. The molecule has 11 atom stereocenters. The molecule has 296 valence electrons. The van der Waals surface area contributed by atoms with Gasteiger partial charge in [-0.05, 0) is 159 Å². The quantitative estimate of drug-likeness (QED) is 0.115. The summed E-state index contributed by atoms with van der Waals surface area (Å²) in [4.78, 5) is 36.9. The smallest absolute Gasteiger partial charge is 0.396 e. The molecule has 4 fully saturated rings. The molecule has 0 aliphatic heterocycles. The lowest BCUT2D eigenvalue weighted by atomic mass is 9.43. The van der Waals surface area contributed by atoms with E-state index in [0.29, 0.717) is 41.7 Å². The van der Waals surface area contributed by atoms with Crippen molar-refractivity contribution in [3.63, 3.8) is 0 Å². The van der Waals surface area contributed by atoms with Crippen molar-refractivity contribution < 1.29 is 43.9 Å². The highest BCUT2D eigenvalue weighted by atomic mass is 16.5. The number of nitrogens with one attached hydrogen (secondary N) is 1. The van der Waals surface area contributed by atoms with Crippen molar-refractivity contribution in [1.29, 1.82) is 0 Å². The number of aliphatic hydroxyl groups is 3. The lowest BCUT2D eigenvalue weighted by Gasteiger charge is -2.63. The van der Waals surface area contributed by atoms with Crippen molar-refractivity contribution in [3.8, 4) is 17.2 Å². The molecule has 0 aromatic heterocycles. The Bertz CT molecular complexity index is 1720. The Balaban J connectivity index is 1.09. The van der Waals surface area contributed by atoms with Crippen LogP contribution in [0.5, 0.6) is 17.2 Å². The van der Waals surface area contributed by atoms with Crippen molar-refractivity contribution >= 4 is 23.5 Å². The van der Waals surface area contributed by atoms with Crippen LogP contribution in [0.2, 0.25) is 0 Å². The fraction of sp³-hybridized carbons (Fsp3) is 0.659.